The quantitative estimate of drug-likeness (QED) is 0.827. The molecule has 0 aliphatic carbocycles. The molecule has 2 atom stereocenters. The van der Waals surface area contributed by atoms with Gasteiger partial charge < -0.3 is 19.9 Å². The lowest BCUT2D eigenvalue weighted by atomic mass is 9.86. The Kier molecular flexibility index (Phi) is 4.72. The first kappa shape index (κ1) is 17.0. The molecule has 0 saturated heterocycles. The van der Waals surface area contributed by atoms with Crippen molar-refractivity contribution >= 4 is 11.9 Å². The third-order valence-electron chi connectivity index (χ3n) is 4.33. The van der Waals surface area contributed by atoms with Crippen LogP contribution in [-0.4, -0.2) is 43.9 Å². The van der Waals surface area contributed by atoms with Crippen molar-refractivity contribution in [1.29, 1.82) is 0 Å². The Hall–Kier alpha value is -2.86. The van der Waals surface area contributed by atoms with Crippen molar-refractivity contribution in [2.24, 2.45) is 0 Å². The summed E-state index contributed by atoms with van der Waals surface area (Å²) in [5.74, 6) is -0.797. The molecule has 6 nitrogen and oxygen atoms in total. The summed E-state index contributed by atoms with van der Waals surface area (Å²) >= 11 is 0. The second-order valence-electron chi connectivity index (χ2n) is 5.74. The summed E-state index contributed by atoms with van der Waals surface area (Å²) in [6, 6.07) is 12.7. The van der Waals surface area contributed by atoms with Crippen LogP contribution >= 0.6 is 0 Å². The van der Waals surface area contributed by atoms with E-state index in [1.165, 1.54) is 20.2 Å². The van der Waals surface area contributed by atoms with Crippen molar-refractivity contribution in [3.05, 3.63) is 64.7 Å². The predicted molar refractivity (Wildman–Crippen MR) is 91.0 cm³/mol. The fourth-order valence-electron chi connectivity index (χ4n) is 3.17. The molecule has 0 radical (unpaired) electrons. The predicted octanol–water partition coefficient (Wildman–Crippen LogP) is 1.72. The van der Waals surface area contributed by atoms with Gasteiger partial charge in [0.25, 0.3) is 5.91 Å². The lowest BCUT2D eigenvalue weighted by Crippen LogP contribution is -2.24. The van der Waals surface area contributed by atoms with Gasteiger partial charge >= 0.3 is 5.97 Å². The molecule has 1 aliphatic rings. The van der Waals surface area contributed by atoms with Gasteiger partial charge in [-0.15, -0.1) is 0 Å². The lowest BCUT2D eigenvalue weighted by Gasteiger charge is -2.17. The number of hydrogen-bond acceptors (Lipinski definition) is 5. The van der Waals surface area contributed by atoms with Gasteiger partial charge in [-0.05, 0) is 17.7 Å². The van der Waals surface area contributed by atoms with E-state index in [-0.39, 0.29) is 29.6 Å². The van der Waals surface area contributed by atoms with Gasteiger partial charge in [-0.3, -0.25) is 4.79 Å². The van der Waals surface area contributed by atoms with Gasteiger partial charge in [0, 0.05) is 12.6 Å². The largest absolute Gasteiger partial charge is 0.486 e. The number of hydrogen-bond donors (Lipinski definition) is 2. The van der Waals surface area contributed by atoms with E-state index in [1.54, 1.807) is 6.07 Å². The molecule has 1 amide bonds. The Bertz CT molecular complexity index is 803. The van der Waals surface area contributed by atoms with Crippen molar-refractivity contribution in [1.82, 2.24) is 5.32 Å². The highest BCUT2D eigenvalue weighted by molar-refractivity contribution is 6.01. The van der Waals surface area contributed by atoms with Crippen molar-refractivity contribution in [2.45, 2.75) is 12.0 Å². The van der Waals surface area contributed by atoms with Crippen LogP contribution in [0.4, 0.5) is 0 Å². The third kappa shape index (κ3) is 2.96. The zero-order chi connectivity index (χ0) is 18.0. The number of carbonyl (C=O) groups is 2. The fraction of sp³-hybridized carbons (Fsp3) is 0.263. The fourth-order valence-corrected chi connectivity index (χ4v) is 3.17. The average molecular weight is 341 g/mol. The number of nitrogens with one attached hydrogen (secondary N) is 1. The molecule has 0 aromatic heterocycles. The molecule has 25 heavy (non-hydrogen) atoms. The Labute approximate surface area is 145 Å². The number of benzene rings is 2. The summed E-state index contributed by atoms with van der Waals surface area (Å²) in [5, 5.41) is 12.3. The molecule has 0 fully saturated rings. The molecule has 1 aliphatic heterocycles. The molecule has 1 unspecified atom stereocenters. The number of amides is 1. The van der Waals surface area contributed by atoms with Crippen molar-refractivity contribution in [2.75, 3.05) is 20.8 Å². The van der Waals surface area contributed by atoms with E-state index >= 15 is 0 Å². The van der Waals surface area contributed by atoms with Crippen LogP contribution in [0.1, 0.15) is 37.8 Å². The maximum Gasteiger partial charge on any atom is 0.337 e. The average Bonchev–Trinajstić information content (AvgIpc) is 3.05. The maximum atomic E-state index is 12.3. The molecule has 2 aromatic rings. The van der Waals surface area contributed by atoms with E-state index in [2.05, 4.69) is 5.32 Å². The summed E-state index contributed by atoms with van der Waals surface area (Å²) in [5.41, 5.74) is 2.14. The van der Waals surface area contributed by atoms with E-state index < -0.39 is 12.1 Å². The number of esters is 1. The number of rotatable bonds is 4. The zero-order valence-corrected chi connectivity index (χ0v) is 14.0. The number of aliphatic hydroxyl groups excluding tert-OH is 1. The van der Waals surface area contributed by atoms with Gasteiger partial charge in [0.15, 0.2) is 0 Å². The highest BCUT2D eigenvalue weighted by Crippen LogP contribution is 2.44. The van der Waals surface area contributed by atoms with Gasteiger partial charge in [-0.25, -0.2) is 4.79 Å². The Balaban J connectivity index is 2.21. The summed E-state index contributed by atoms with van der Waals surface area (Å²) in [4.78, 5) is 24.3. The van der Waals surface area contributed by atoms with Crippen LogP contribution in [0.15, 0.2) is 42.5 Å². The van der Waals surface area contributed by atoms with Gasteiger partial charge in [0.1, 0.15) is 11.9 Å². The molecule has 3 rings (SSSR count). The van der Waals surface area contributed by atoms with Crippen LogP contribution in [0, 0.1) is 0 Å². The molecular formula is C19H19NO5. The molecule has 0 spiro atoms. The smallest absolute Gasteiger partial charge is 0.337 e. The number of carbonyl (C=O) groups excluding carboxylic acids is 2. The summed E-state index contributed by atoms with van der Waals surface area (Å²) in [6.45, 7) is -0.213. The second kappa shape index (κ2) is 6.94. The minimum atomic E-state index is -0.535. The van der Waals surface area contributed by atoms with Crippen molar-refractivity contribution < 1.29 is 24.2 Å². The minimum absolute atomic E-state index is 0.213. The first-order valence-corrected chi connectivity index (χ1v) is 7.91. The maximum absolute atomic E-state index is 12.3. The van der Waals surface area contributed by atoms with E-state index in [1.807, 2.05) is 30.3 Å². The first-order valence-electron chi connectivity index (χ1n) is 7.91. The Morgan fingerprint density at radius 2 is 1.96 bits per heavy atom. The Morgan fingerprint density at radius 3 is 2.56 bits per heavy atom. The second-order valence-corrected chi connectivity index (χ2v) is 5.74. The molecule has 0 bridgehead atoms. The monoisotopic (exact) mass is 341 g/mol. The van der Waals surface area contributed by atoms with Crippen LogP contribution in [-0.2, 0) is 4.74 Å². The third-order valence-corrected chi connectivity index (χ3v) is 4.33. The summed E-state index contributed by atoms with van der Waals surface area (Å²) in [7, 11) is 2.80. The SMILES string of the molecule is CNC(=O)c1cc(C(=O)OC)cc2c1OC(CO)[C@H]2c1ccccc1. The molecule has 1 heterocycles. The summed E-state index contributed by atoms with van der Waals surface area (Å²) in [6.07, 6.45) is -0.534. The van der Waals surface area contributed by atoms with E-state index in [0.29, 0.717) is 11.3 Å². The van der Waals surface area contributed by atoms with Gasteiger partial charge in [0.2, 0.25) is 0 Å². The molecule has 130 valence electrons. The normalized spacial score (nSPS) is 18.2. The van der Waals surface area contributed by atoms with Crippen LogP contribution in [0.3, 0.4) is 0 Å². The highest BCUT2D eigenvalue weighted by atomic mass is 16.5. The van der Waals surface area contributed by atoms with E-state index in [0.717, 1.165) is 5.56 Å². The Morgan fingerprint density at radius 1 is 1.24 bits per heavy atom. The van der Waals surface area contributed by atoms with Crippen LogP contribution in [0.2, 0.25) is 0 Å². The molecule has 0 saturated carbocycles. The highest BCUT2D eigenvalue weighted by Gasteiger charge is 2.38. The summed E-state index contributed by atoms with van der Waals surface area (Å²) < 4.78 is 10.7. The number of fused-ring (bicyclic) bond motifs is 1. The van der Waals surface area contributed by atoms with Crippen LogP contribution in [0.25, 0.3) is 0 Å². The number of ether oxygens (including phenoxy) is 2. The van der Waals surface area contributed by atoms with Gasteiger partial charge in [-0.1, -0.05) is 30.3 Å². The first-order chi connectivity index (χ1) is 12.1. The minimum Gasteiger partial charge on any atom is -0.486 e. The van der Waals surface area contributed by atoms with E-state index in [9.17, 15) is 14.7 Å². The van der Waals surface area contributed by atoms with Crippen LogP contribution < -0.4 is 10.1 Å². The topological polar surface area (TPSA) is 84.9 Å². The van der Waals surface area contributed by atoms with Gasteiger partial charge in [0.05, 0.1) is 30.8 Å². The molecule has 2 N–H and O–H groups in total. The molecular weight excluding hydrogens is 322 g/mol. The zero-order valence-electron chi connectivity index (χ0n) is 14.0. The van der Waals surface area contributed by atoms with Crippen LogP contribution in [0.5, 0.6) is 5.75 Å². The molecule has 6 heteroatoms. The standard InChI is InChI=1S/C19H19NO5/c1-20-18(22)14-9-12(19(23)24-2)8-13-16(11-6-4-3-5-7-11)15(10-21)25-17(13)14/h3-9,15-16,21H,10H2,1-2H3,(H,20,22)/t15?,16-/m0/s1. The molecule has 2 aromatic carbocycles. The number of methoxy groups -OCH3 is 1. The lowest BCUT2D eigenvalue weighted by molar-refractivity contribution is 0.0600. The van der Waals surface area contributed by atoms with Gasteiger partial charge in [-0.2, -0.15) is 0 Å². The van der Waals surface area contributed by atoms with E-state index in [4.69, 9.17) is 9.47 Å². The number of aliphatic hydroxyl groups is 1. The van der Waals surface area contributed by atoms with Crippen molar-refractivity contribution in [3.8, 4) is 5.75 Å². The van der Waals surface area contributed by atoms with Crippen molar-refractivity contribution in [3.63, 3.8) is 0 Å².